The number of benzene rings is 2. The SMILES string of the molecule is COC(=O)CC(C)(CC(=O)OC)C(=O)C(C(=O)Nc1ccccc1)c1ccc2c(C)cc(=O)oc2c1. The van der Waals surface area contributed by atoms with Crippen LogP contribution in [0.4, 0.5) is 5.69 Å². The van der Waals surface area contributed by atoms with Crippen LogP contribution in [-0.2, 0) is 28.7 Å². The Morgan fingerprint density at radius 3 is 2.14 bits per heavy atom. The predicted octanol–water partition coefficient (Wildman–Crippen LogP) is 3.53. The second-order valence-electron chi connectivity index (χ2n) is 8.72. The summed E-state index contributed by atoms with van der Waals surface area (Å²) in [7, 11) is 2.33. The minimum absolute atomic E-state index is 0.199. The number of hydrogen-bond donors (Lipinski definition) is 1. The van der Waals surface area contributed by atoms with Crippen LogP contribution in [0.5, 0.6) is 0 Å². The number of ketones is 1. The number of para-hydroxylation sites is 1. The zero-order valence-electron chi connectivity index (χ0n) is 20.5. The summed E-state index contributed by atoms with van der Waals surface area (Å²) in [6.07, 6.45) is -0.900. The van der Waals surface area contributed by atoms with Gasteiger partial charge in [0.2, 0.25) is 5.91 Å². The van der Waals surface area contributed by atoms with Gasteiger partial charge in [-0.25, -0.2) is 4.79 Å². The van der Waals surface area contributed by atoms with E-state index in [1.165, 1.54) is 33.3 Å². The van der Waals surface area contributed by atoms with Crippen molar-refractivity contribution in [2.45, 2.75) is 32.6 Å². The molecular weight excluding hydrogens is 466 g/mol. The van der Waals surface area contributed by atoms with E-state index in [1.54, 1.807) is 49.4 Å². The maximum absolute atomic E-state index is 14.0. The minimum Gasteiger partial charge on any atom is -0.469 e. The van der Waals surface area contributed by atoms with Gasteiger partial charge in [-0.3, -0.25) is 19.2 Å². The number of methoxy groups -OCH3 is 2. The van der Waals surface area contributed by atoms with E-state index in [4.69, 9.17) is 13.9 Å². The Morgan fingerprint density at radius 2 is 1.56 bits per heavy atom. The van der Waals surface area contributed by atoms with Gasteiger partial charge in [0, 0.05) is 22.6 Å². The fourth-order valence-corrected chi connectivity index (χ4v) is 4.05. The lowest BCUT2D eigenvalue weighted by Crippen LogP contribution is -2.41. The molecule has 188 valence electrons. The fourth-order valence-electron chi connectivity index (χ4n) is 4.05. The largest absolute Gasteiger partial charge is 0.469 e. The van der Waals surface area contributed by atoms with Gasteiger partial charge in [0.15, 0.2) is 5.78 Å². The van der Waals surface area contributed by atoms with Crippen molar-refractivity contribution in [3.05, 3.63) is 76.1 Å². The van der Waals surface area contributed by atoms with E-state index in [0.29, 0.717) is 16.6 Å². The summed E-state index contributed by atoms with van der Waals surface area (Å²) in [5.74, 6) is -4.27. The highest BCUT2D eigenvalue weighted by molar-refractivity contribution is 6.14. The number of fused-ring (bicyclic) bond motifs is 1. The Balaban J connectivity index is 2.15. The Morgan fingerprint density at radius 1 is 0.944 bits per heavy atom. The molecule has 1 aromatic heterocycles. The summed E-state index contributed by atoms with van der Waals surface area (Å²) in [5.41, 5.74) is -0.644. The minimum atomic E-state index is -1.62. The molecular formula is C27H27NO8. The van der Waals surface area contributed by atoms with Crippen molar-refractivity contribution in [2.24, 2.45) is 5.41 Å². The molecule has 2 aromatic carbocycles. The molecule has 0 radical (unpaired) electrons. The second kappa shape index (κ2) is 11.0. The van der Waals surface area contributed by atoms with Crippen molar-refractivity contribution in [3.63, 3.8) is 0 Å². The van der Waals surface area contributed by atoms with Crippen LogP contribution in [0.15, 0.2) is 63.8 Å². The number of esters is 2. The average molecular weight is 494 g/mol. The number of carbonyl (C=O) groups excluding carboxylic acids is 4. The molecule has 3 rings (SSSR count). The van der Waals surface area contributed by atoms with Gasteiger partial charge in [0.25, 0.3) is 0 Å². The Bertz CT molecular complexity index is 1340. The molecule has 9 nitrogen and oxygen atoms in total. The van der Waals surface area contributed by atoms with Crippen LogP contribution in [0.25, 0.3) is 11.0 Å². The van der Waals surface area contributed by atoms with Crippen molar-refractivity contribution >= 4 is 40.3 Å². The lowest BCUT2D eigenvalue weighted by atomic mass is 9.72. The van der Waals surface area contributed by atoms with E-state index >= 15 is 0 Å². The third kappa shape index (κ3) is 5.86. The third-order valence-electron chi connectivity index (χ3n) is 5.99. The number of aryl methyl sites for hydroxylation is 1. The smallest absolute Gasteiger partial charge is 0.336 e. The standard InChI is InChI=1S/C27H27NO8/c1-16-12-21(29)36-20-13-17(10-11-19(16)20)24(26(33)28-18-8-6-5-7-9-18)25(32)27(2,14-22(30)34-3)15-23(31)35-4/h5-13,24H,14-15H2,1-4H3,(H,28,33). The molecule has 0 fully saturated rings. The molecule has 1 unspecified atom stereocenters. The molecule has 9 heteroatoms. The normalized spacial score (nSPS) is 12.0. The van der Waals surface area contributed by atoms with E-state index in [1.807, 2.05) is 0 Å². The van der Waals surface area contributed by atoms with E-state index in [9.17, 15) is 24.0 Å². The van der Waals surface area contributed by atoms with Crippen LogP contribution in [-0.4, -0.2) is 37.8 Å². The monoisotopic (exact) mass is 493 g/mol. The highest BCUT2D eigenvalue weighted by atomic mass is 16.5. The van der Waals surface area contributed by atoms with Gasteiger partial charge in [-0.2, -0.15) is 0 Å². The van der Waals surface area contributed by atoms with Crippen molar-refractivity contribution in [1.82, 2.24) is 0 Å². The summed E-state index contributed by atoms with van der Waals surface area (Å²) >= 11 is 0. The van der Waals surface area contributed by atoms with Gasteiger partial charge in [-0.05, 0) is 36.2 Å². The van der Waals surface area contributed by atoms with Crippen molar-refractivity contribution < 1.29 is 33.1 Å². The summed E-state index contributed by atoms with van der Waals surface area (Å²) in [5, 5.41) is 3.35. The lowest BCUT2D eigenvalue weighted by Gasteiger charge is -2.30. The summed E-state index contributed by atoms with van der Waals surface area (Å²) in [6.45, 7) is 3.16. The van der Waals surface area contributed by atoms with Crippen LogP contribution >= 0.6 is 0 Å². The van der Waals surface area contributed by atoms with Gasteiger partial charge in [0.1, 0.15) is 11.5 Å². The number of hydrogen-bond acceptors (Lipinski definition) is 8. The zero-order chi connectivity index (χ0) is 26.5. The molecule has 0 saturated carbocycles. The number of rotatable bonds is 9. The average Bonchev–Trinajstić information content (AvgIpc) is 2.84. The molecule has 0 aliphatic heterocycles. The quantitative estimate of drug-likeness (QED) is 0.272. The predicted molar refractivity (Wildman–Crippen MR) is 131 cm³/mol. The topological polar surface area (TPSA) is 129 Å². The van der Waals surface area contributed by atoms with Crippen LogP contribution in [0.3, 0.4) is 0 Å². The molecule has 1 heterocycles. The summed E-state index contributed by atoms with van der Waals surface area (Å²) in [4.78, 5) is 63.9. The van der Waals surface area contributed by atoms with Crippen molar-refractivity contribution in [3.8, 4) is 0 Å². The highest BCUT2D eigenvalue weighted by Gasteiger charge is 2.45. The molecule has 0 aliphatic carbocycles. The number of ether oxygens (including phenoxy) is 2. The van der Waals surface area contributed by atoms with Crippen LogP contribution in [0.2, 0.25) is 0 Å². The lowest BCUT2D eigenvalue weighted by molar-refractivity contribution is -0.153. The molecule has 1 N–H and O–H groups in total. The van der Waals surface area contributed by atoms with Crippen LogP contribution in [0, 0.1) is 12.3 Å². The first-order chi connectivity index (χ1) is 17.1. The van der Waals surface area contributed by atoms with Gasteiger partial charge in [-0.1, -0.05) is 37.3 Å². The third-order valence-corrected chi connectivity index (χ3v) is 5.99. The number of carbonyl (C=O) groups is 4. The van der Waals surface area contributed by atoms with Crippen LogP contribution < -0.4 is 10.9 Å². The second-order valence-corrected chi connectivity index (χ2v) is 8.72. The van der Waals surface area contributed by atoms with E-state index in [2.05, 4.69) is 5.32 Å². The molecule has 0 bridgehead atoms. The number of anilines is 1. The molecule has 0 saturated heterocycles. The van der Waals surface area contributed by atoms with Crippen LogP contribution in [0.1, 0.15) is 36.8 Å². The molecule has 1 amide bonds. The first kappa shape index (κ1) is 26.3. The maximum Gasteiger partial charge on any atom is 0.336 e. The Kier molecular flexibility index (Phi) is 8.03. The van der Waals surface area contributed by atoms with Gasteiger partial charge >= 0.3 is 17.6 Å². The fraction of sp³-hybridized carbons (Fsp3) is 0.296. The van der Waals surface area contributed by atoms with Gasteiger partial charge in [0.05, 0.1) is 27.1 Å². The number of Topliss-reactive ketones (excluding diaryl/α,β-unsaturated/α-hetero) is 1. The molecule has 1 atom stereocenters. The Hall–Kier alpha value is -4.27. The summed E-state index contributed by atoms with van der Waals surface area (Å²) < 4.78 is 14.8. The van der Waals surface area contributed by atoms with Crippen molar-refractivity contribution in [1.29, 1.82) is 0 Å². The van der Waals surface area contributed by atoms with Gasteiger partial charge < -0.3 is 19.2 Å². The van der Waals surface area contributed by atoms with E-state index in [0.717, 1.165) is 0 Å². The molecule has 0 spiro atoms. The number of nitrogens with one attached hydrogen (secondary N) is 1. The molecule has 0 aliphatic rings. The summed E-state index contributed by atoms with van der Waals surface area (Å²) in [6, 6.07) is 14.6. The van der Waals surface area contributed by atoms with Crippen molar-refractivity contribution in [2.75, 3.05) is 19.5 Å². The highest BCUT2D eigenvalue weighted by Crippen LogP contribution is 2.37. The Labute approximate surface area is 207 Å². The molecule has 36 heavy (non-hydrogen) atoms. The van der Waals surface area contributed by atoms with Gasteiger partial charge in [-0.15, -0.1) is 0 Å². The number of amides is 1. The van der Waals surface area contributed by atoms with E-state index in [-0.39, 0.29) is 11.1 Å². The zero-order valence-corrected chi connectivity index (χ0v) is 20.5. The maximum atomic E-state index is 14.0. The van der Waals surface area contributed by atoms with E-state index < -0.39 is 53.4 Å². The first-order valence-electron chi connectivity index (χ1n) is 11.2. The molecule has 3 aromatic rings. The first-order valence-corrected chi connectivity index (χ1v) is 11.2.